The largest absolute Gasteiger partial charge is 0.394 e. The first-order valence-corrected chi connectivity index (χ1v) is 7.08. The van der Waals surface area contributed by atoms with E-state index in [-0.39, 0.29) is 12.2 Å². The molecule has 6 nitrogen and oxygen atoms in total. The summed E-state index contributed by atoms with van der Waals surface area (Å²) in [7, 11) is 0. The molecular weight excluding hydrogens is 282 g/mol. The maximum absolute atomic E-state index is 12.0. The summed E-state index contributed by atoms with van der Waals surface area (Å²) in [6.45, 7) is 2.17. The van der Waals surface area contributed by atoms with E-state index < -0.39 is 12.1 Å². The number of urea groups is 1. The third kappa shape index (κ3) is 3.95. The number of aryl methyl sites for hydroxylation is 1. The molecular formula is C16H19N3O3. The fourth-order valence-electron chi connectivity index (χ4n) is 2.10. The molecule has 0 spiro atoms. The molecule has 2 amide bonds. The van der Waals surface area contributed by atoms with Crippen LogP contribution >= 0.6 is 0 Å². The van der Waals surface area contributed by atoms with E-state index in [0.717, 1.165) is 5.56 Å². The molecule has 2 aromatic rings. The second-order valence-corrected chi connectivity index (χ2v) is 4.79. The van der Waals surface area contributed by atoms with Crippen molar-refractivity contribution in [3.8, 4) is 0 Å². The van der Waals surface area contributed by atoms with Crippen molar-refractivity contribution in [2.75, 3.05) is 11.9 Å². The third-order valence-corrected chi connectivity index (χ3v) is 3.27. The van der Waals surface area contributed by atoms with Gasteiger partial charge in [0.25, 0.3) is 5.56 Å². The summed E-state index contributed by atoms with van der Waals surface area (Å²) in [6, 6.07) is 11.2. The average molecular weight is 301 g/mol. The van der Waals surface area contributed by atoms with E-state index in [2.05, 4.69) is 10.6 Å². The number of carbonyl (C=O) groups excluding carboxylic acids is 1. The second kappa shape index (κ2) is 7.42. The van der Waals surface area contributed by atoms with Crippen LogP contribution in [0.15, 0.2) is 53.5 Å². The molecule has 2 rings (SSSR count). The van der Waals surface area contributed by atoms with Gasteiger partial charge in [0.1, 0.15) is 0 Å². The summed E-state index contributed by atoms with van der Waals surface area (Å²) in [6.07, 6.45) is 1.58. The van der Waals surface area contributed by atoms with Crippen molar-refractivity contribution >= 4 is 11.7 Å². The maximum Gasteiger partial charge on any atom is 0.319 e. The van der Waals surface area contributed by atoms with E-state index in [9.17, 15) is 14.7 Å². The zero-order chi connectivity index (χ0) is 15.9. The number of aliphatic hydroxyl groups excluding tert-OH is 1. The monoisotopic (exact) mass is 301 g/mol. The first kappa shape index (κ1) is 15.8. The van der Waals surface area contributed by atoms with Crippen molar-refractivity contribution in [1.82, 2.24) is 9.88 Å². The fraction of sp³-hybridized carbons (Fsp3) is 0.250. The Morgan fingerprint density at radius 1 is 1.23 bits per heavy atom. The Labute approximate surface area is 128 Å². The molecule has 0 aliphatic carbocycles. The van der Waals surface area contributed by atoms with Crippen LogP contribution in [-0.2, 0) is 6.54 Å². The van der Waals surface area contributed by atoms with E-state index in [1.165, 1.54) is 10.6 Å². The van der Waals surface area contributed by atoms with Crippen molar-refractivity contribution in [1.29, 1.82) is 0 Å². The Kier molecular flexibility index (Phi) is 5.32. The van der Waals surface area contributed by atoms with Gasteiger partial charge in [0, 0.05) is 18.8 Å². The van der Waals surface area contributed by atoms with Crippen molar-refractivity contribution in [3.05, 3.63) is 64.6 Å². The Hall–Kier alpha value is -2.60. The van der Waals surface area contributed by atoms with Crippen LogP contribution in [0.5, 0.6) is 0 Å². The minimum atomic E-state index is -0.488. The number of aromatic nitrogens is 1. The number of rotatable bonds is 5. The number of pyridine rings is 1. The highest BCUT2D eigenvalue weighted by Crippen LogP contribution is 2.12. The van der Waals surface area contributed by atoms with Crippen molar-refractivity contribution in [3.63, 3.8) is 0 Å². The standard InChI is InChI=1S/C16H19N3O3/c1-2-19-10-13(8-9-15(19)21)17-16(22)18-14(11-20)12-6-4-3-5-7-12/h3-10,14,20H,2,11H2,1H3,(H2,17,18,22). The molecule has 6 heteroatoms. The number of amides is 2. The molecule has 1 aromatic carbocycles. The van der Waals surface area contributed by atoms with Crippen molar-refractivity contribution < 1.29 is 9.90 Å². The van der Waals surface area contributed by atoms with Crippen LogP contribution in [0.1, 0.15) is 18.5 Å². The van der Waals surface area contributed by atoms with E-state index in [1.807, 2.05) is 37.3 Å². The number of nitrogens with one attached hydrogen (secondary N) is 2. The lowest BCUT2D eigenvalue weighted by molar-refractivity contribution is 0.225. The molecule has 22 heavy (non-hydrogen) atoms. The molecule has 0 aliphatic rings. The van der Waals surface area contributed by atoms with Gasteiger partial charge in [-0.15, -0.1) is 0 Å². The number of benzene rings is 1. The van der Waals surface area contributed by atoms with Gasteiger partial charge in [-0.25, -0.2) is 4.79 Å². The molecule has 0 fully saturated rings. The second-order valence-electron chi connectivity index (χ2n) is 4.79. The summed E-state index contributed by atoms with van der Waals surface area (Å²) in [5.41, 5.74) is 1.22. The van der Waals surface area contributed by atoms with Gasteiger partial charge in [0.15, 0.2) is 0 Å². The molecule has 0 bridgehead atoms. The van der Waals surface area contributed by atoms with E-state index in [0.29, 0.717) is 12.2 Å². The summed E-state index contributed by atoms with van der Waals surface area (Å²) in [4.78, 5) is 23.5. The highest BCUT2D eigenvalue weighted by molar-refractivity contribution is 5.89. The van der Waals surface area contributed by atoms with Gasteiger partial charge >= 0.3 is 6.03 Å². The van der Waals surface area contributed by atoms with Crippen LogP contribution in [0.2, 0.25) is 0 Å². The SMILES string of the molecule is CCn1cc(NC(=O)NC(CO)c2ccccc2)ccc1=O. The quantitative estimate of drug-likeness (QED) is 0.786. The molecule has 116 valence electrons. The smallest absolute Gasteiger partial charge is 0.319 e. The van der Waals surface area contributed by atoms with Crippen LogP contribution in [0, 0.1) is 0 Å². The first-order chi connectivity index (χ1) is 10.6. The lowest BCUT2D eigenvalue weighted by Gasteiger charge is -2.17. The maximum atomic E-state index is 12.0. The Balaban J connectivity index is 2.04. The van der Waals surface area contributed by atoms with Gasteiger partial charge in [0.05, 0.1) is 18.3 Å². The molecule has 0 saturated carbocycles. The number of anilines is 1. The third-order valence-electron chi connectivity index (χ3n) is 3.27. The number of nitrogens with zero attached hydrogens (tertiary/aromatic N) is 1. The molecule has 1 unspecified atom stereocenters. The minimum absolute atomic E-state index is 0.119. The van der Waals surface area contributed by atoms with Crippen LogP contribution in [0.4, 0.5) is 10.5 Å². The van der Waals surface area contributed by atoms with Gasteiger partial charge in [-0.05, 0) is 18.6 Å². The number of hydrogen-bond acceptors (Lipinski definition) is 3. The molecule has 1 heterocycles. The van der Waals surface area contributed by atoms with E-state index in [4.69, 9.17) is 0 Å². The molecule has 0 saturated heterocycles. The molecule has 1 aromatic heterocycles. The zero-order valence-electron chi connectivity index (χ0n) is 12.3. The lowest BCUT2D eigenvalue weighted by atomic mass is 10.1. The first-order valence-electron chi connectivity index (χ1n) is 7.08. The fourth-order valence-corrected chi connectivity index (χ4v) is 2.10. The Morgan fingerprint density at radius 2 is 1.95 bits per heavy atom. The zero-order valence-corrected chi connectivity index (χ0v) is 12.3. The average Bonchev–Trinajstić information content (AvgIpc) is 2.55. The van der Waals surface area contributed by atoms with Gasteiger partial charge in [-0.3, -0.25) is 4.79 Å². The molecule has 1 atom stereocenters. The molecule has 3 N–H and O–H groups in total. The van der Waals surface area contributed by atoms with Crippen LogP contribution in [0.3, 0.4) is 0 Å². The van der Waals surface area contributed by atoms with Gasteiger partial charge < -0.3 is 20.3 Å². The summed E-state index contributed by atoms with van der Waals surface area (Å²) in [5, 5.41) is 14.8. The lowest BCUT2D eigenvalue weighted by Crippen LogP contribution is -2.34. The highest BCUT2D eigenvalue weighted by Gasteiger charge is 2.13. The number of hydrogen-bond donors (Lipinski definition) is 3. The molecule has 0 radical (unpaired) electrons. The minimum Gasteiger partial charge on any atom is -0.394 e. The summed E-state index contributed by atoms with van der Waals surface area (Å²) >= 11 is 0. The van der Waals surface area contributed by atoms with E-state index in [1.54, 1.807) is 12.3 Å². The highest BCUT2D eigenvalue weighted by atomic mass is 16.3. The van der Waals surface area contributed by atoms with Crippen LogP contribution in [0.25, 0.3) is 0 Å². The van der Waals surface area contributed by atoms with Crippen LogP contribution in [-0.4, -0.2) is 22.3 Å². The van der Waals surface area contributed by atoms with Crippen molar-refractivity contribution in [2.45, 2.75) is 19.5 Å². The van der Waals surface area contributed by atoms with E-state index >= 15 is 0 Å². The summed E-state index contributed by atoms with van der Waals surface area (Å²) < 4.78 is 1.50. The normalized spacial score (nSPS) is 11.7. The van der Waals surface area contributed by atoms with Gasteiger partial charge in [-0.1, -0.05) is 30.3 Å². The van der Waals surface area contributed by atoms with Crippen molar-refractivity contribution in [2.24, 2.45) is 0 Å². The van der Waals surface area contributed by atoms with Crippen LogP contribution < -0.4 is 16.2 Å². The number of aliphatic hydroxyl groups is 1. The number of carbonyl (C=O) groups is 1. The molecule has 0 aliphatic heterocycles. The van der Waals surface area contributed by atoms with Gasteiger partial charge in [0.2, 0.25) is 0 Å². The Morgan fingerprint density at radius 3 is 2.59 bits per heavy atom. The van der Waals surface area contributed by atoms with Gasteiger partial charge in [-0.2, -0.15) is 0 Å². The topological polar surface area (TPSA) is 83.4 Å². The predicted molar refractivity (Wildman–Crippen MR) is 84.8 cm³/mol. The predicted octanol–water partition coefficient (Wildman–Crippen LogP) is 1.72. The summed E-state index contributed by atoms with van der Waals surface area (Å²) in [5.74, 6) is 0. The Bertz CT molecular complexity index is 683.